The number of halogens is 2. The lowest BCUT2D eigenvalue weighted by Gasteiger charge is -2.18. The number of nitrogens with one attached hydrogen (secondary N) is 1. The first-order valence-corrected chi connectivity index (χ1v) is 10.1. The molecule has 1 amide bonds. The minimum Gasteiger partial charge on any atom is -0.320 e. The Kier molecular flexibility index (Phi) is 6.32. The number of anilines is 1. The maximum atomic E-state index is 13.8. The maximum Gasteiger partial charge on any atom is 0.262 e. The Labute approximate surface area is 171 Å². The minimum atomic E-state index is -0.851. The molecule has 3 aromatic rings. The zero-order chi connectivity index (χ0) is 21.1. The fourth-order valence-electron chi connectivity index (χ4n) is 2.82. The molecule has 1 heterocycles. The van der Waals surface area contributed by atoms with Gasteiger partial charge in [-0.15, -0.1) is 0 Å². The quantitative estimate of drug-likeness (QED) is 0.475. The fourth-order valence-corrected chi connectivity index (χ4v) is 3.74. The van der Waals surface area contributed by atoms with E-state index in [-0.39, 0.29) is 11.5 Å². The number of carbonyl (C=O) groups is 1. The SMILES string of the molecule is CC(C)Cn1c(S[C@@H](C)C(=O)Nc2c(F)cccc2F)nc2ccccc2c1=O. The number of nitrogens with zero attached hydrogens (tertiary/aromatic N) is 2. The van der Waals surface area contributed by atoms with Crippen LogP contribution in [-0.2, 0) is 11.3 Å². The maximum absolute atomic E-state index is 13.8. The van der Waals surface area contributed by atoms with Crippen LogP contribution in [0.1, 0.15) is 20.8 Å². The van der Waals surface area contributed by atoms with E-state index in [0.717, 1.165) is 23.9 Å². The lowest BCUT2D eigenvalue weighted by molar-refractivity contribution is -0.115. The van der Waals surface area contributed by atoms with E-state index in [1.807, 2.05) is 13.8 Å². The molecule has 0 radical (unpaired) electrons. The number of hydrogen-bond donors (Lipinski definition) is 1. The molecule has 152 valence electrons. The topological polar surface area (TPSA) is 64.0 Å². The van der Waals surface area contributed by atoms with Crippen molar-refractivity contribution in [2.45, 2.75) is 37.7 Å². The molecule has 8 heteroatoms. The van der Waals surface area contributed by atoms with E-state index in [2.05, 4.69) is 10.3 Å². The molecule has 3 rings (SSSR count). The van der Waals surface area contributed by atoms with Gasteiger partial charge < -0.3 is 5.32 Å². The highest BCUT2D eigenvalue weighted by Gasteiger charge is 2.22. The van der Waals surface area contributed by atoms with Gasteiger partial charge in [0.25, 0.3) is 5.56 Å². The van der Waals surface area contributed by atoms with Crippen LogP contribution in [0.5, 0.6) is 0 Å². The zero-order valence-corrected chi connectivity index (χ0v) is 17.1. The molecule has 0 bridgehead atoms. The summed E-state index contributed by atoms with van der Waals surface area (Å²) in [6, 6.07) is 10.4. The number of para-hydroxylation sites is 2. The van der Waals surface area contributed by atoms with Gasteiger partial charge in [0.05, 0.1) is 16.2 Å². The Morgan fingerprint density at radius 3 is 2.41 bits per heavy atom. The standard InChI is InChI=1S/C21H21F2N3O2S/c1-12(2)11-26-20(28)14-7-4-5-10-17(14)24-21(26)29-13(3)19(27)25-18-15(22)8-6-9-16(18)23/h4-10,12-13H,11H2,1-3H3,(H,25,27)/t13-/m0/s1. The number of thioether (sulfide) groups is 1. The van der Waals surface area contributed by atoms with Gasteiger partial charge >= 0.3 is 0 Å². The van der Waals surface area contributed by atoms with Gasteiger partial charge in [-0.25, -0.2) is 13.8 Å². The third-order valence-electron chi connectivity index (χ3n) is 4.24. The number of benzene rings is 2. The molecule has 2 aromatic carbocycles. The summed E-state index contributed by atoms with van der Waals surface area (Å²) in [5.74, 6) is -2.10. The van der Waals surface area contributed by atoms with Gasteiger partial charge in [0.1, 0.15) is 17.3 Å². The van der Waals surface area contributed by atoms with E-state index in [1.54, 1.807) is 35.8 Å². The summed E-state index contributed by atoms with van der Waals surface area (Å²) in [5, 5.41) is 2.44. The molecular weight excluding hydrogens is 396 g/mol. The van der Waals surface area contributed by atoms with Gasteiger partial charge in [-0.3, -0.25) is 14.2 Å². The Morgan fingerprint density at radius 1 is 1.10 bits per heavy atom. The van der Waals surface area contributed by atoms with Crippen molar-refractivity contribution in [2.75, 3.05) is 5.32 Å². The Bertz CT molecular complexity index is 1090. The summed E-state index contributed by atoms with van der Waals surface area (Å²) in [4.78, 5) is 30.0. The summed E-state index contributed by atoms with van der Waals surface area (Å²) in [6.07, 6.45) is 0. The van der Waals surface area contributed by atoms with Crippen molar-refractivity contribution >= 4 is 34.3 Å². The number of carbonyl (C=O) groups excluding carboxylic acids is 1. The molecule has 0 saturated carbocycles. The third kappa shape index (κ3) is 4.64. The molecule has 0 unspecified atom stereocenters. The van der Waals surface area contributed by atoms with Crippen molar-refractivity contribution in [2.24, 2.45) is 5.92 Å². The number of amides is 1. The first kappa shape index (κ1) is 21.0. The second-order valence-electron chi connectivity index (χ2n) is 7.07. The average Bonchev–Trinajstić information content (AvgIpc) is 2.67. The first-order valence-electron chi connectivity index (χ1n) is 9.19. The highest BCUT2D eigenvalue weighted by atomic mass is 32.2. The van der Waals surface area contributed by atoms with E-state index in [1.165, 1.54) is 6.07 Å². The lowest BCUT2D eigenvalue weighted by Crippen LogP contribution is -2.28. The predicted octanol–water partition coefficient (Wildman–Crippen LogP) is 4.45. The zero-order valence-electron chi connectivity index (χ0n) is 16.3. The van der Waals surface area contributed by atoms with Crippen molar-refractivity contribution in [3.63, 3.8) is 0 Å². The van der Waals surface area contributed by atoms with Crippen molar-refractivity contribution in [3.8, 4) is 0 Å². The van der Waals surface area contributed by atoms with Crippen LogP contribution in [0, 0.1) is 17.6 Å². The molecule has 0 spiro atoms. The first-order chi connectivity index (χ1) is 13.8. The highest BCUT2D eigenvalue weighted by molar-refractivity contribution is 8.00. The van der Waals surface area contributed by atoms with Crippen molar-refractivity contribution in [1.82, 2.24) is 9.55 Å². The molecule has 0 fully saturated rings. The fraction of sp³-hybridized carbons (Fsp3) is 0.286. The van der Waals surface area contributed by atoms with E-state index in [4.69, 9.17) is 0 Å². The normalized spacial score (nSPS) is 12.3. The van der Waals surface area contributed by atoms with Crippen molar-refractivity contribution < 1.29 is 13.6 Å². The molecule has 29 heavy (non-hydrogen) atoms. The minimum absolute atomic E-state index is 0.181. The molecule has 0 saturated heterocycles. The second-order valence-corrected chi connectivity index (χ2v) is 8.38. The second kappa shape index (κ2) is 8.73. The molecule has 0 aliphatic heterocycles. The Balaban J connectivity index is 1.92. The molecule has 1 atom stereocenters. The van der Waals surface area contributed by atoms with Gasteiger partial charge in [0.15, 0.2) is 5.16 Å². The summed E-state index contributed by atoms with van der Waals surface area (Å²) in [7, 11) is 0. The van der Waals surface area contributed by atoms with Crippen LogP contribution in [0.4, 0.5) is 14.5 Å². The average molecular weight is 417 g/mol. The van der Waals surface area contributed by atoms with Gasteiger partial charge in [-0.2, -0.15) is 0 Å². The smallest absolute Gasteiger partial charge is 0.262 e. The van der Waals surface area contributed by atoms with E-state index < -0.39 is 28.5 Å². The van der Waals surface area contributed by atoms with Gasteiger partial charge in [-0.05, 0) is 37.1 Å². The van der Waals surface area contributed by atoms with Crippen LogP contribution >= 0.6 is 11.8 Å². The van der Waals surface area contributed by atoms with Crippen LogP contribution in [0.25, 0.3) is 10.9 Å². The molecule has 0 aliphatic carbocycles. The third-order valence-corrected chi connectivity index (χ3v) is 5.33. The molecular formula is C21H21F2N3O2S. The molecule has 1 N–H and O–H groups in total. The van der Waals surface area contributed by atoms with Crippen molar-refractivity contribution in [3.05, 3.63) is 64.5 Å². The van der Waals surface area contributed by atoms with Gasteiger partial charge in [0.2, 0.25) is 5.91 Å². The van der Waals surface area contributed by atoms with Crippen LogP contribution in [0.15, 0.2) is 52.4 Å². The molecule has 0 aliphatic rings. The summed E-state index contributed by atoms with van der Waals surface area (Å²) in [6.45, 7) is 6.00. The van der Waals surface area contributed by atoms with Gasteiger partial charge in [0, 0.05) is 6.54 Å². The van der Waals surface area contributed by atoms with Crippen LogP contribution in [0.3, 0.4) is 0 Å². The molecule has 5 nitrogen and oxygen atoms in total. The van der Waals surface area contributed by atoms with Crippen molar-refractivity contribution in [1.29, 1.82) is 0 Å². The lowest BCUT2D eigenvalue weighted by atomic mass is 10.2. The highest BCUT2D eigenvalue weighted by Crippen LogP contribution is 2.25. The van der Waals surface area contributed by atoms with Crippen LogP contribution < -0.4 is 10.9 Å². The number of fused-ring (bicyclic) bond motifs is 1. The number of hydrogen-bond acceptors (Lipinski definition) is 4. The van der Waals surface area contributed by atoms with E-state index in [0.29, 0.717) is 22.6 Å². The predicted molar refractivity (Wildman–Crippen MR) is 111 cm³/mol. The van der Waals surface area contributed by atoms with Crippen LogP contribution in [-0.4, -0.2) is 20.7 Å². The summed E-state index contributed by atoms with van der Waals surface area (Å²) >= 11 is 1.08. The van der Waals surface area contributed by atoms with Crippen LogP contribution in [0.2, 0.25) is 0 Å². The van der Waals surface area contributed by atoms with Gasteiger partial charge in [-0.1, -0.05) is 43.8 Å². The molecule has 1 aromatic heterocycles. The van der Waals surface area contributed by atoms with E-state index in [9.17, 15) is 18.4 Å². The Hall–Kier alpha value is -2.74. The van der Waals surface area contributed by atoms with E-state index >= 15 is 0 Å². The summed E-state index contributed by atoms with van der Waals surface area (Å²) in [5.41, 5.74) is -0.136. The largest absolute Gasteiger partial charge is 0.320 e. The number of rotatable bonds is 6. The Morgan fingerprint density at radius 2 is 1.76 bits per heavy atom. The summed E-state index contributed by atoms with van der Waals surface area (Å²) < 4.78 is 29.2. The number of aromatic nitrogens is 2. The monoisotopic (exact) mass is 417 g/mol.